The monoisotopic (exact) mass is 436 g/mol. The third-order valence-electron chi connectivity index (χ3n) is 4.47. The quantitative estimate of drug-likeness (QED) is 0.369. The van der Waals surface area contributed by atoms with Crippen LogP contribution in [0.15, 0.2) is 81.5 Å². The molecule has 4 rings (SSSR count). The molecule has 0 saturated carbocycles. The largest absolute Gasteiger partial charge is 0.352 e. The van der Waals surface area contributed by atoms with Crippen molar-refractivity contribution in [1.29, 1.82) is 0 Å². The van der Waals surface area contributed by atoms with Gasteiger partial charge in [0.1, 0.15) is 0 Å². The van der Waals surface area contributed by atoms with Crippen LogP contribution in [0.2, 0.25) is 5.02 Å². The number of halogens is 1. The molecule has 1 aliphatic rings. The van der Waals surface area contributed by atoms with E-state index in [1.165, 1.54) is 0 Å². The summed E-state index contributed by atoms with van der Waals surface area (Å²) in [6.45, 7) is 6.70. The maximum atomic E-state index is 12.4. The predicted octanol–water partition coefficient (Wildman–Crippen LogP) is 7.14. The van der Waals surface area contributed by atoms with Gasteiger partial charge in [-0.3, -0.25) is 4.79 Å². The van der Waals surface area contributed by atoms with Crippen molar-refractivity contribution in [3.05, 3.63) is 88.4 Å². The molecule has 0 aromatic heterocycles. The van der Waals surface area contributed by atoms with E-state index in [0.29, 0.717) is 17.1 Å². The zero-order valence-corrected chi connectivity index (χ0v) is 19.0. The van der Waals surface area contributed by atoms with E-state index in [4.69, 9.17) is 16.6 Å². The highest BCUT2D eigenvalue weighted by Crippen LogP contribution is 2.41. The fourth-order valence-corrected chi connectivity index (χ4v) is 4.18. The summed E-state index contributed by atoms with van der Waals surface area (Å²) in [4.78, 5) is 19.5. The first-order valence-electron chi connectivity index (χ1n) is 10.2. The number of amides is 1. The Balaban J connectivity index is 0.00000124. The molecular formula is C25H25ClN2OS. The van der Waals surface area contributed by atoms with Crippen molar-refractivity contribution in [2.75, 3.05) is 6.54 Å². The van der Waals surface area contributed by atoms with Crippen molar-refractivity contribution in [3.8, 4) is 0 Å². The first kappa shape index (κ1) is 22.1. The average Bonchev–Trinajstić information content (AvgIpc) is 2.95. The molecule has 1 aliphatic heterocycles. The molecule has 0 saturated heterocycles. The number of benzene rings is 3. The van der Waals surface area contributed by atoms with E-state index in [0.717, 1.165) is 38.7 Å². The van der Waals surface area contributed by atoms with E-state index < -0.39 is 0 Å². The summed E-state index contributed by atoms with van der Waals surface area (Å²) in [5.41, 5.74) is 4.37. The van der Waals surface area contributed by atoms with Gasteiger partial charge in [-0.1, -0.05) is 74.5 Å². The van der Waals surface area contributed by atoms with Crippen LogP contribution in [0, 0.1) is 0 Å². The fraction of sp³-hybridized carbons (Fsp3) is 0.200. The highest BCUT2D eigenvalue weighted by Gasteiger charge is 2.19. The minimum absolute atomic E-state index is 0.0698. The minimum Gasteiger partial charge on any atom is -0.352 e. The number of carbonyl (C=O) groups excluding carboxylic acids is 1. The minimum atomic E-state index is -0.0698. The molecule has 0 radical (unpaired) electrons. The molecule has 0 aliphatic carbocycles. The normalized spacial score (nSPS) is 11.8. The van der Waals surface area contributed by atoms with E-state index in [1.54, 1.807) is 11.8 Å². The van der Waals surface area contributed by atoms with Crippen LogP contribution in [0.5, 0.6) is 0 Å². The lowest BCUT2D eigenvalue weighted by atomic mass is 10.0. The lowest BCUT2D eigenvalue weighted by Gasteiger charge is -2.09. The molecule has 0 spiro atoms. The van der Waals surface area contributed by atoms with Gasteiger partial charge in [-0.15, -0.1) is 0 Å². The molecule has 154 valence electrons. The van der Waals surface area contributed by atoms with Crippen LogP contribution in [0.1, 0.15) is 48.7 Å². The Morgan fingerprint density at radius 1 is 1.00 bits per heavy atom. The standard InChI is InChI=1S/C23H19ClN2OS.C2H6/c1-2-13-25-23(27)16-9-12-21-19(14-16)26-22(15-7-10-17(24)11-8-15)18-5-3-4-6-20(18)28-21;1-2/h3-12,14H,2,13H2,1H3,(H,25,27);1-2H3. The van der Waals surface area contributed by atoms with Crippen LogP contribution in [-0.4, -0.2) is 18.2 Å². The van der Waals surface area contributed by atoms with Gasteiger partial charge in [0.2, 0.25) is 0 Å². The summed E-state index contributed by atoms with van der Waals surface area (Å²) < 4.78 is 0. The van der Waals surface area contributed by atoms with Crippen LogP contribution < -0.4 is 5.32 Å². The second-order valence-electron chi connectivity index (χ2n) is 6.50. The maximum Gasteiger partial charge on any atom is 0.251 e. The van der Waals surface area contributed by atoms with Gasteiger partial charge in [-0.05, 0) is 42.8 Å². The Bertz CT molecular complexity index is 1060. The number of hydrogen-bond acceptors (Lipinski definition) is 3. The van der Waals surface area contributed by atoms with Crippen LogP contribution >= 0.6 is 23.4 Å². The number of hydrogen-bond donors (Lipinski definition) is 1. The summed E-state index contributed by atoms with van der Waals surface area (Å²) in [7, 11) is 0. The molecule has 1 heterocycles. The summed E-state index contributed by atoms with van der Waals surface area (Å²) >= 11 is 7.74. The van der Waals surface area contributed by atoms with E-state index in [2.05, 4.69) is 17.4 Å². The number of fused-ring (bicyclic) bond motifs is 2. The Morgan fingerprint density at radius 2 is 1.73 bits per heavy atom. The molecule has 3 aromatic carbocycles. The average molecular weight is 437 g/mol. The second-order valence-corrected chi connectivity index (χ2v) is 8.02. The van der Waals surface area contributed by atoms with E-state index >= 15 is 0 Å². The van der Waals surface area contributed by atoms with Crippen LogP contribution in [-0.2, 0) is 0 Å². The molecule has 5 heteroatoms. The molecule has 1 amide bonds. The highest BCUT2D eigenvalue weighted by atomic mass is 35.5. The first-order valence-corrected chi connectivity index (χ1v) is 11.4. The van der Waals surface area contributed by atoms with Crippen molar-refractivity contribution >= 4 is 40.7 Å². The number of carbonyl (C=O) groups is 1. The SMILES string of the molecule is CC.CCCNC(=O)c1ccc2c(c1)N=C(c1ccc(Cl)cc1)c1ccccc1S2. The van der Waals surface area contributed by atoms with Crippen molar-refractivity contribution in [1.82, 2.24) is 5.32 Å². The summed E-state index contributed by atoms with van der Waals surface area (Å²) in [6, 6.07) is 21.6. The second kappa shape index (κ2) is 10.5. The zero-order chi connectivity index (χ0) is 21.5. The van der Waals surface area contributed by atoms with Gasteiger partial charge in [-0.2, -0.15) is 0 Å². The van der Waals surface area contributed by atoms with Gasteiger partial charge >= 0.3 is 0 Å². The van der Waals surface area contributed by atoms with Gasteiger partial charge in [-0.25, -0.2) is 4.99 Å². The lowest BCUT2D eigenvalue weighted by molar-refractivity contribution is 0.0953. The van der Waals surface area contributed by atoms with Gasteiger partial charge in [0.25, 0.3) is 5.91 Å². The fourth-order valence-electron chi connectivity index (χ4n) is 3.05. The lowest BCUT2D eigenvalue weighted by Crippen LogP contribution is -2.23. The van der Waals surface area contributed by atoms with Gasteiger partial charge in [0.15, 0.2) is 0 Å². The van der Waals surface area contributed by atoms with Crippen molar-refractivity contribution in [2.24, 2.45) is 4.99 Å². The number of nitrogens with one attached hydrogen (secondary N) is 1. The van der Waals surface area contributed by atoms with E-state index in [1.807, 2.05) is 75.4 Å². The molecule has 0 fully saturated rings. The molecule has 0 unspecified atom stereocenters. The summed E-state index contributed by atoms with van der Waals surface area (Å²) in [6.07, 6.45) is 0.903. The van der Waals surface area contributed by atoms with E-state index in [-0.39, 0.29) is 5.91 Å². The van der Waals surface area contributed by atoms with Gasteiger partial charge < -0.3 is 5.32 Å². The molecular weight excluding hydrogens is 412 g/mol. The molecule has 0 bridgehead atoms. The maximum absolute atomic E-state index is 12.4. The Kier molecular flexibility index (Phi) is 7.72. The molecule has 1 N–H and O–H groups in total. The topological polar surface area (TPSA) is 41.5 Å². The predicted molar refractivity (Wildman–Crippen MR) is 128 cm³/mol. The Labute approximate surface area is 187 Å². The van der Waals surface area contributed by atoms with Crippen LogP contribution in [0.25, 0.3) is 0 Å². The molecule has 3 aromatic rings. The number of nitrogens with zero attached hydrogens (tertiary/aromatic N) is 1. The Hall–Kier alpha value is -2.56. The summed E-state index contributed by atoms with van der Waals surface area (Å²) in [5.74, 6) is -0.0698. The van der Waals surface area contributed by atoms with Crippen molar-refractivity contribution in [2.45, 2.75) is 37.0 Å². The van der Waals surface area contributed by atoms with Crippen LogP contribution in [0.3, 0.4) is 0 Å². The molecule has 30 heavy (non-hydrogen) atoms. The third-order valence-corrected chi connectivity index (χ3v) is 5.86. The smallest absolute Gasteiger partial charge is 0.251 e. The highest BCUT2D eigenvalue weighted by molar-refractivity contribution is 7.99. The van der Waals surface area contributed by atoms with Gasteiger partial charge in [0.05, 0.1) is 11.4 Å². The first-order chi connectivity index (χ1) is 14.7. The van der Waals surface area contributed by atoms with Crippen molar-refractivity contribution in [3.63, 3.8) is 0 Å². The van der Waals surface area contributed by atoms with Crippen LogP contribution in [0.4, 0.5) is 5.69 Å². The number of aliphatic imine (C=N–C) groups is 1. The van der Waals surface area contributed by atoms with E-state index in [9.17, 15) is 4.79 Å². The summed E-state index contributed by atoms with van der Waals surface area (Å²) in [5, 5.41) is 3.62. The van der Waals surface area contributed by atoms with Crippen molar-refractivity contribution < 1.29 is 4.79 Å². The van der Waals surface area contributed by atoms with Gasteiger partial charge in [0, 0.05) is 38.0 Å². The number of rotatable bonds is 4. The third kappa shape index (κ3) is 4.94. The molecule has 0 atom stereocenters. The zero-order valence-electron chi connectivity index (χ0n) is 17.4. The molecule has 3 nitrogen and oxygen atoms in total. The Morgan fingerprint density at radius 3 is 2.47 bits per heavy atom.